The maximum absolute atomic E-state index is 12.1. The van der Waals surface area contributed by atoms with Crippen LogP contribution < -0.4 is 5.32 Å². The van der Waals surface area contributed by atoms with Gasteiger partial charge in [-0.3, -0.25) is 4.79 Å². The van der Waals surface area contributed by atoms with Crippen molar-refractivity contribution in [2.45, 2.75) is 5.16 Å². The second-order valence-corrected chi connectivity index (χ2v) is 6.90. The molecule has 112 valence electrons. The van der Waals surface area contributed by atoms with Crippen molar-refractivity contribution in [2.24, 2.45) is 7.05 Å². The molecule has 0 bridgehead atoms. The predicted molar refractivity (Wildman–Crippen MR) is 80.4 cm³/mol. The first kappa shape index (κ1) is 15.8. The molecule has 0 saturated heterocycles. The Hall–Kier alpha value is -1.57. The number of rotatable bonds is 4. The highest BCUT2D eigenvalue weighted by Crippen LogP contribution is 2.29. The minimum Gasteiger partial charge on any atom is -0.325 e. The smallest absolute Gasteiger partial charge is 0.240 e. The fourth-order valence-corrected chi connectivity index (χ4v) is 3.29. The molecule has 2 aromatic rings. The Morgan fingerprint density at radius 3 is 2.71 bits per heavy atom. The summed E-state index contributed by atoms with van der Waals surface area (Å²) in [5.74, 6) is -1.46. The van der Waals surface area contributed by atoms with Gasteiger partial charge in [0.2, 0.25) is 20.9 Å². The van der Waals surface area contributed by atoms with Crippen LogP contribution in [0.2, 0.25) is 10.0 Å². The van der Waals surface area contributed by atoms with Gasteiger partial charge in [0.25, 0.3) is 0 Å². The van der Waals surface area contributed by atoms with Crippen molar-refractivity contribution >= 4 is 44.6 Å². The lowest BCUT2D eigenvalue weighted by molar-refractivity contribution is -0.113. The van der Waals surface area contributed by atoms with E-state index in [1.54, 1.807) is 12.1 Å². The van der Waals surface area contributed by atoms with Crippen molar-refractivity contribution in [3.8, 4) is 0 Å². The number of hydrogen-bond donors (Lipinski definition) is 1. The third-order valence-electron chi connectivity index (χ3n) is 2.60. The van der Waals surface area contributed by atoms with Crippen LogP contribution in [0.3, 0.4) is 0 Å². The van der Waals surface area contributed by atoms with Gasteiger partial charge in [-0.1, -0.05) is 29.3 Å². The predicted octanol–water partition coefficient (Wildman–Crippen LogP) is 2.14. The molecule has 1 heterocycles. The van der Waals surface area contributed by atoms with Crippen LogP contribution in [0.4, 0.5) is 5.69 Å². The molecule has 1 amide bonds. The molecule has 0 spiro atoms. The highest BCUT2D eigenvalue weighted by atomic mass is 35.5. The lowest BCUT2D eigenvalue weighted by atomic mass is 10.3. The van der Waals surface area contributed by atoms with Crippen molar-refractivity contribution in [3.63, 3.8) is 0 Å². The zero-order valence-electron chi connectivity index (χ0n) is 10.9. The number of nitrogens with zero attached hydrogens (tertiary/aromatic N) is 2. The quantitative estimate of drug-likeness (QED) is 0.918. The molecule has 0 aliphatic heterocycles. The minimum atomic E-state index is -3.83. The number of benzene rings is 1. The fraction of sp³-hybridized carbons (Fsp3) is 0.167. The van der Waals surface area contributed by atoms with Gasteiger partial charge in [0.15, 0.2) is 0 Å². The van der Waals surface area contributed by atoms with Crippen molar-refractivity contribution in [2.75, 3.05) is 11.1 Å². The van der Waals surface area contributed by atoms with Crippen molar-refractivity contribution in [1.82, 2.24) is 9.55 Å². The molecule has 1 aromatic heterocycles. The number of anilines is 1. The highest BCUT2D eigenvalue weighted by Gasteiger charge is 2.23. The maximum Gasteiger partial charge on any atom is 0.240 e. The first-order valence-electron chi connectivity index (χ1n) is 5.75. The van der Waals surface area contributed by atoms with Crippen LogP contribution >= 0.6 is 23.2 Å². The number of hydrogen-bond acceptors (Lipinski definition) is 4. The second-order valence-electron chi connectivity index (χ2n) is 4.23. The Morgan fingerprint density at radius 1 is 1.38 bits per heavy atom. The van der Waals surface area contributed by atoms with E-state index in [0.717, 1.165) is 0 Å². The van der Waals surface area contributed by atoms with Gasteiger partial charge in [-0.15, -0.1) is 0 Å². The largest absolute Gasteiger partial charge is 0.325 e. The third kappa shape index (κ3) is 3.55. The summed E-state index contributed by atoms with van der Waals surface area (Å²) in [5, 5.41) is 2.67. The molecule has 0 fully saturated rings. The van der Waals surface area contributed by atoms with Gasteiger partial charge in [-0.2, -0.15) is 0 Å². The number of amides is 1. The van der Waals surface area contributed by atoms with Crippen LogP contribution in [0.1, 0.15) is 0 Å². The van der Waals surface area contributed by atoms with E-state index >= 15 is 0 Å². The summed E-state index contributed by atoms with van der Waals surface area (Å²) >= 11 is 11.7. The number of aromatic nitrogens is 2. The van der Waals surface area contributed by atoms with E-state index in [0.29, 0.717) is 0 Å². The van der Waals surface area contributed by atoms with E-state index < -0.39 is 21.5 Å². The second kappa shape index (κ2) is 6.05. The Morgan fingerprint density at radius 2 is 2.10 bits per heavy atom. The lowest BCUT2D eigenvalue weighted by Crippen LogP contribution is -2.24. The normalized spacial score (nSPS) is 11.4. The summed E-state index contributed by atoms with van der Waals surface area (Å²) in [6.07, 6.45) is 2.83. The van der Waals surface area contributed by atoms with Crippen LogP contribution in [0.25, 0.3) is 0 Å². The SMILES string of the molecule is Cn1ccnc1S(=O)(=O)CC(=O)Nc1cccc(Cl)c1Cl. The fourth-order valence-electron chi connectivity index (χ4n) is 1.68. The number of imidazole rings is 1. The molecular weight excluding hydrogens is 337 g/mol. The maximum atomic E-state index is 12.1. The number of aryl methyl sites for hydroxylation is 1. The molecule has 0 atom stereocenters. The lowest BCUT2D eigenvalue weighted by Gasteiger charge is -2.08. The van der Waals surface area contributed by atoms with Crippen LogP contribution in [0, 0.1) is 0 Å². The summed E-state index contributed by atoms with van der Waals surface area (Å²) in [5.41, 5.74) is 0.254. The van der Waals surface area contributed by atoms with Gasteiger partial charge in [-0.05, 0) is 12.1 Å². The van der Waals surface area contributed by atoms with Crippen molar-refractivity contribution < 1.29 is 13.2 Å². The molecule has 0 aliphatic carbocycles. The Balaban J connectivity index is 2.16. The summed E-state index contributed by atoms with van der Waals surface area (Å²) in [7, 11) is -2.29. The molecule has 0 saturated carbocycles. The molecule has 9 heteroatoms. The van der Waals surface area contributed by atoms with Gasteiger partial charge in [-0.25, -0.2) is 13.4 Å². The van der Waals surface area contributed by atoms with Crippen molar-refractivity contribution in [1.29, 1.82) is 0 Å². The third-order valence-corrected chi connectivity index (χ3v) is 5.01. The number of carbonyl (C=O) groups is 1. The first-order valence-corrected chi connectivity index (χ1v) is 8.16. The molecule has 21 heavy (non-hydrogen) atoms. The van der Waals surface area contributed by atoms with Crippen molar-refractivity contribution in [3.05, 3.63) is 40.6 Å². The van der Waals surface area contributed by atoms with E-state index in [2.05, 4.69) is 10.3 Å². The Kier molecular flexibility index (Phi) is 4.55. The van der Waals surface area contributed by atoms with Crippen LogP contribution in [0.15, 0.2) is 35.7 Å². The number of sulfone groups is 1. The highest BCUT2D eigenvalue weighted by molar-refractivity contribution is 7.92. The van der Waals surface area contributed by atoms with Crippen LogP contribution in [-0.2, 0) is 21.7 Å². The van der Waals surface area contributed by atoms with Gasteiger partial charge < -0.3 is 9.88 Å². The summed E-state index contributed by atoms with van der Waals surface area (Å²) < 4.78 is 25.5. The minimum absolute atomic E-state index is 0.155. The topological polar surface area (TPSA) is 81.1 Å². The summed E-state index contributed by atoms with van der Waals surface area (Å²) in [4.78, 5) is 15.6. The summed E-state index contributed by atoms with van der Waals surface area (Å²) in [6, 6.07) is 4.68. The summed E-state index contributed by atoms with van der Waals surface area (Å²) in [6.45, 7) is 0. The van der Waals surface area contributed by atoms with E-state index in [9.17, 15) is 13.2 Å². The number of carbonyl (C=O) groups excluding carboxylic acids is 1. The van der Waals surface area contributed by atoms with Crippen LogP contribution in [0.5, 0.6) is 0 Å². The molecule has 1 aromatic carbocycles. The van der Waals surface area contributed by atoms with E-state index in [4.69, 9.17) is 23.2 Å². The van der Waals surface area contributed by atoms with Gasteiger partial charge >= 0.3 is 0 Å². The molecular formula is C12H11Cl2N3O3S. The van der Waals surface area contributed by atoms with E-state index in [-0.39, 0.29) is 20.9 Å². The standard InChI is InChI=1S/C12H11Cl2N3O3S/c1-17-6-5-15-12(17)21(19,20)7-10(18)16-9-4-2-3-8(13)11(9)14/h2-6H,7H2,1H3,(H,16,18). The monoisotopic (exact) mass is 347 g/mol. The molecule has 0 unspecified atom stereocenters. The van der Waals surface area contributed by atoms with E-state index in [1.165, 1.54) is 30.1 Å². The van der Waals surface area contributed by atoms with Gasteiger partial charge in [0.05, 0.1) is 15.7 Å². The Labute approximate surface area is 131 Å². The Bertz CT molecular complexity index is 787. The first-order chi connectivity index (χ1) is 9.81. The number of halogens is 2. The van der Waals surface area contributed by atoms with Gasteiger partial charge in [0.1, 0.15) is 5.75 Å². The average molecular weight is 348 g/mol. The zero-order valence-corrected chi connectivity index (χ0v) is 13.2. The molecule has 0 radical (unpaired) electrons. The molecule has 6 nitrogen and oxygen atoms in total. The molecule has 2 rings (SSSR count). The zero-order chi connectivity index (χ0) is 15.6. The molecule has 1 N–H and O–H groups in total. The van der Waals surface area contributed by atoms with Crippen LogP contribution in [-0.4, -0.2) is 29.6 Å². The van der Waals surface area contributed by atoms with Gasteiger partial charge in [0, 0.05) is 19.4 Å². The average Bonchev–Trinajstić information content (AvgIpc) is 2.81. The molecule has 0 aliphatic rings. The number of nitrogens with one attached hydrogen (secondary N) is 1. The van der Waals surface area contributed by atoms with E-state index in [1.807, 2.05) is 0 Å².